The molecule has 1 heterocycles. The van der Waals surface area contributed by atoms with E-state index in [2.05, 4.69) is 10.1 Å². The van der Waals surface area contributed by atoms with Crippen molar-refractivity contribution < 1.29 is 9.84 Å². The second-order valence-corrected chi connectivity index (χ2v) is 6.17. The second kappa shape index (κ2) is 7.80. The number of phenolic OH excluding ortho intramolecular Hbond substituents is 1. The Hall–Kier alpha value is -3.86. The average Bonchev–Trinajstić information content (AvgIpc) is 3.17. The van der Waals surface area contributed by atoms with Crippen molar-refractivity contribution in [2.24, 2.45) is 0 Å². The predicted octanol–water partition coefficient (Wildman–Crippen LogP) is 4.82. The van der Waals surface area contributed by atoms with E-state index in [4.69, 9.17) is 4.74 Å². The molecule has 4 rings (SSSR count). The van der Waals surface area contributed by atoms with Crippen LogP contribution < -0.4 is 4.74 Å². The Bertz CT molecular complexity index is 1120. The molecule has 0 saturated carbocycles. The molecule has 0 unspecified atom stereocenters. The first-order valence-corrected chi connectivity index (χ1v) is 8.87. The van der Waals surface area contributed by atoms with Gasteiger partial charge in [-0.05, 0) is 48.0 Å². The number of hydrogen-bond acceptors (Lipinski definition) is 4. The maximum atomic E-state index is 10.3. The summed E-state index contributed by atoms with van der Waals surface area (Å²) in [4.78, 5) is 4.65. The predicted molar refractivity (Wildman–Crippen MR) is 110 cm³/mol. The molecule has 5 nitrogen and oxygen atoms in total. The van der Waals surface area contributed by atoms with Crippen LogP contribution >= 0.6 is 0 Å². The molecule has 5 heteroatoms. The summed E-state index contributed by atoms with van der Waals surface area (Å²) in [5, 5.41) is 14.9. The van der Waals surface area contributed by atoms with Crippen LogP contribution in [-0.2, 0) is 0 Å². The van der Waals surface area contributed by atoms with Crippen LogP contribution in [0.15, 0.2) is 78.9 Å². The van der Waals surface area contributed by atoms with Crippen molar-refractivity contribution in [1.82, 2.24) is 14.8 Å². The van der Waals surface area contributed by atoms with E-state index in [0.717, 1.165) is 17.0 Å². The molecular formula is C23H19N3O2. The van der Waals surface area contributed by atoms with Crippen molar-refractivity contribution in [3.8, 4) is 28.6 Å². The lowest BCUT2D eigenvalue weighted by atomic mass is 10.2. The smallest absolute Gasteiger partial charge is 0.175 e. The van der Waals surface area contributed by atoms with Crippen molar-refractivity contribution in [1.29, 1.82) is 0 Å². The highest BCUT2D eigenvalue weighted by atomic mass is 16.5. The number of aromatic nitrogens is 3. The molecule has 28 heavy (non-hydrogen) atoms. The summed E-state index contributed by atoms with van der Waals surface area (Å²) >= 11 is 0. The van der Waals surface area contributed by atoms with Crippen LogP contribution in [0.1, 0.15) is 11.4 Å². The van der Waals surface area contributed by atoms with Crippen LogP contribution in [0, 0.1) is 0 Å². The monoisotopic (exact) mass is 369 g/mol. The van der Waals surface area contributed by atoms with Crippen molar-refractivity contribution in [3.63, 3.8) is 0 Å². The second-order valence-electron chi connectivity index (χ2n) is 6.17. The van der Waals surface area contributed by atoms with Gasteiger partial charge >= 0.3 is 0 Å². The maximum absolute atomic E-state index is 10.3. The lowest BCUT2D eigenvalue weighted by Gasteiger charge is -2.06. The van der Waals surface area contributed by atoms with Gasteiger partial charge in [0.25, 0.3) is 0 Å². The van der Waals surface area contributed by atoms with Crippen molar-refractivity contribution in [2.45, 2.75) is 0 Å². The first-order valence-electron chi connectivity index (χ1n) is 8.87. The molecule has 0 aliphatic rings. The van der Waals surface area contributed by atoms with Gasteiger partial charge in [-0.1, -0.05) is 48.5 Å². The Labute approximate surface area is 163 Å². The molecule has 0 amide bonds. The van der Waals surface area contributed by atoms with Gasteiger partial charge in [0.15, 0.2) is 11.6 Å². The number of rotatable bonds is 5. The molecule has 0 atom stereocenters. The SMILES string of the molecule is COc1cccc(/C=C\c2nc(-c3ccccc3O)n(-c3ccccc3)n2)c1. The van der Waals surface area contributed by atoms with E-state index in [1.165, 1.54) is 0 Å². The molecule has 0 aliphatic carbocycles. The molecule has 0 saturated heterocycles. The maximum Gasteiger partial charge on any atom is 0.175 e. The Kier molecular flexibility index (Phi) is 4.89. The van der Waals surface area contributed by atoms with Crippen LogP contribution in [0.4, 0.5) is 0 Å². The normalized spacial score (nSPS) is 11.0. The zero-order valence-electron chi connectivity index (χ0n) is 15.4. The first kappa shape index (κ1) is 17.5. The quantitative estimate of drug-likeness (QED) is 0.548. The summed E-state index contributed by atoms with van der Waals surface area (Å²) in [6, 6.07) is 24.6. The average molecular weight is 369 g/mol. The van der Waals surface area contributed by atoms with Gasteiger partial charge in [-0.3, -0.25) is 0 Å². The largest absolute Gasteiger partial charge is 0.507 e. The van der Waals surface area contributed by atoms with Gasteiger partial charge in [0.2, 0.25) is 0 Å². The number of methoxy groups -OCH3 is 1. The molecule has 3 aromatic carbocycles. The third kappa shape index (κ3) is 3.64. The number of aromatic hydroxyl groups is 1. The summed E-state index contributed by atoms with van der Waals surface area (Å²) in [7, 11) is 1.64. The van der Waals surface area contributed by atoms with E-state index < -0.39 is 0 Å². The number of ether oxygens (including phenoxy) is 1. The Morgan fingerprint density at radius 2 is 1.68 bits per heavy atom. The fourth-order valence-corrected chi connectivity index (χ4v) is 2.90. The fourth-order valence-electron chi connectivity index (χ4n) is 2.90. The van der Waals surface area contributed by atoms with Gasteiger partial charge < -0.3 is 9.84 Å². The number of hydrogen-bond donors (Lipinski definition) is 1. The van der Waals surface area contributed by atoms with Crippen LogP contribution in [0.3, 0.4) is 0 Å². The molecule has 4 aromatic rings. The van der Waals surface area contributed by atoms with E-state index in [0.29, 0.717) is 17.2 Å². The highest BCUT2D eigenvalue weighted by molar-refractivity contribution is 5.70. The summed E-state index contributed by atoms with van der Waals surface area (Å²) in [6.45, 7) is 0. The topological polar surface area (TPSA) is 60.2 Å². The minimum atomic E-state index is 0.162. The van der Waals surface area contributed by atoms with Crippen molar-refractivity contribution >= 4 is 12.2 Å². The minimum Gasteiger partial charge on any atom is -0.507 e. The van der Waals surface area contributed by atoms with Crippen molar-refractivity contribution in [3.05, 3.63) is 90.3 Å². The third-order valence-electron chi connectivity index (χ3n) is 4.29. The summed E-state index contributed by atoms with van der Waals surface area (Å²) in [5.74, 6) is 2.08. The van der Waals surface area contributed by atoms with Gasteiger partial charge in [-0.15, -0.1) is 5.10 Å². The molecule has 0 fully saturated rings. The Morgan fingerprint density at radius 3 is 2.46 bits per heavy atom. The fraction of sp³-hybridized carbons (Fsp3) is 0.0435. The number of para-hydroxylation sites is 2. The van der Waals surface area contributed by atoms with Crippen LogP contribution in [-0.4, -0.2) is 27.0 Å². The standard InChI is InChI=1S/C23H19N3O2/c1-28-19-11-7-8-17(16-19)14-15-22-24-23(20-12-5-6-13-21(20)27)26(25-22)18-9-3-2-4-10-18/h2-16,27H,1H3/b15-14-. The molecule has 0 bridgehead atoms. The van der Waals surface area contributed by atoms with Gasteiger partial charge in [0.1, 0.15) is 11.5 Å². The summed E-state index contributed by atoms with van der Waals surface area (Å²) in [6.07, 6.45) is 3.78. The lowest BCUT2D eigenvalue weighted by Crippen LogP contribution is -1.99. The summed E-state index contributed by atoms with van der Waals surface area (Å²) in [5.41, 5.74) is 2.48. The van der Waals surface area contributed by atoms with E-state index in [9.17, 15) is 5.11 Å². The first-order chi connectivity index (χ1) is 13.7. The Morgan fingerprint density at radius 1 is 0.893 bits per heavy atom. The highest BCUT2D eigenvalue weighted by Gasteiger charge is 2.15. The van der Waals surface area contributed by atoms with Gasteiger partial charge in [0, 0.05) is 0 Å². The lowest BCUT2D eigenvalue weighted by molar-refractivity contribution is 0.414. The molecule has 1 aromatic heterocycles. The highest BCUT2D eigenvalue weighted by Crippen LogP contribution is 2.29. The van der Waals surface area contributed by atoms with Crippen LogP contribution in [0.2, 0.25) is 0 Å². The number of nitrogens with zero attached hydrogens (tertiary/aromatic N) is 3. The molecular weight excluding hydrogens is 350 g/mol. The van der Waals surface area contributed by atoms with Gasteiger partial charge in [0.05, 0.1) is 18.4 Å². The molecule has 0 aliphatic heterocycles. The van der Waals surface area contributed by atoms with Gasteiger partial charge in [-0.25, -0.2) is 9.67 Å². The Balaban J connectivity index is 1.77. The minimum absolute atomic E-state index is 0.162. The van der Waals surface area contributed by atoms with E-state index >= 15 is 0 Å². The zero-order chi connectivity index (χ0) is 19.3. The van der Waals surface area contributed by atoms with Gasteiger partial charge in [-0.2, -0.15) is 0 Å². The van der Waals surface area contributed by atoms with Crippen molar-refractivity contribution in [2.75, 3.05) is 7.11 Å². The molecule has 0 radical (unpaired) electrons. The van der Waals surface area contributed by atoms with E-state index in [1.54, 1.807) is 23.9 Å². The van der Waals surface area contributed by atoms with Crippen LogP contribution in [0.25, 0.3) is 29.2 Å². The molecule has 138 valence electrons. The number of benzene rings is 3. The third-order valence-corrected chi connectivity index (χ3v) is 4.29. The molecule has 0 spiro atoms. The summed E-state index contributed by atoms with van der Waals surface area (Å²) < 4.78 is 7.00. The van der Waals surface area contributed by atoms with Crippen LogP contribution in [0.5, 0.6) is 11.5 Å². The van der Waals surface area contributed by atoms with E-state index in [1.807, 2.05) is 78.9 Å². The zero-order valence-corrected chi connectivity index (χ0v) is 15.4. The molecule has 1 N–H and O–H groups in total. The van der Waals surface area contributed by atoms with E-state index in [-0.39, 0.29) is 5.75 Å². The number of phenols is 1.